The van der Waals surface area contributed by atoms with Gasteiger partial charge in [-0.3, -0.25) is 5.32 Å². The van der Waals surface area contributed by atoms with Crippen LogP contribution >= 0.6 is 0 Å². The smallest absolute Gasteiger partial charge is 0.410 e. The van der Waals surface area contributed by atoms with Gasteiger partial charge in [0.05, 0.1) is 12.2 Å². The van der Waals surface area contributed by atoms with E-state index in [1.54, 1.807) is 36.5 Å². The lowest BCUT2D eigenvalue weighted by Crippen LogP contribution is -2.24. The fourth-order valence-corrected chi connectivity index (χ4v) is 3.97. The Labute approximate surface area is 182 Å². The fourth-order valence-electron chi connectivity index (χ4n) is 3.97. The number of para-hydroxylation sites is 1. The molecule has 1 fully saturated rings. The molecule has 7 nitrogen and oxygen atoms in total. The van der Waals surface area contributed by atoms with Crippen LogP contribution in [0.2, 0.25) is 0 Å². The van der Waals surface area contributed by atoms with Crippen molar-refractivity contribution in [3.05, 3.63) is 84.2 Å². The molecule has 1 amide bonds. The van der Waals surface area contributed by atoms with E-state index in [1.807, 2.05) is 11.0 Å². The summed E-state index contributed by atoms with van der Waals surface area (Å²) in [4.78, 5) is 18.9. The lowest BCUT2D eigenvalue weighted by Gasteiger charge is -2.26. The molecule has 1 atom stereocenters. The number of fused-ring (bicyclic) bond motifs is 1. The summed E-state index contributed by atoms with van der Waals surface area (Å²) in [6.07, 6.45) is 4.02. The highest BCUT2D eigenvalue weighted by molar-refractivity contribution is 5.90. The molecular weight excluding hydrogens is 416 g/mol. The number of carbonyl (C=O) groups excluding carboxylic acids is 1. The molecule has 0 bridgehead atoms. The molecule has 1 aliphatic rings. The zero-order valence-corrected chi connectivity index (χ0v) is 16.9. The van der Waals surface area contributed by atoms with Gasteiger partial charge in [0.1, 0.15) is 28.9 Å². The SMILES string of the molecule is O=C(Nc1cnn2ccc(N3CCC[C@H]3c3cc(F)ccc3F)nc12)Oc1ccccc1. The Kier molecular flexibility index (Phi) is 5.14. The normalized spacial score (nSPS) is 15.8. The number of nitrogens with zero attached hydrogens (tertiary/aromatic N) is 4. The molecule has 4 aromatic rings. The number of anilines is 2. The van der Waals surface area contributed by atoms with Crippen LogP contribution in [-0.2, 0) is 0 Å². The van der Waals surface area contributed by atoms with Crippen LogP contribution in [0.1, 0.15) is 24.4 Å². The van der Waals surface area contributed by atoms with Crippen LogP contribution in [0.3, 0.4) is 0 Å². The highest BCUT2D eigenvalue weighted by Gasteiger charge is 2.30. The highest BCUT2D eigenvalue weighted by Crippen LogP contribution is 2.37. The van der Waals surface area contributed by atoms with Gasteiger partial charge in [0.25, 0.3) is 0 Å². The van der Waals surface area contributed by atoms with E-state index in [0.29, 0.717) is 41.4 Å². The van der Waals surface area contributed by atoms with Gasteiger partial charge in [0.2, 0.25) is 0 Å². The van der Waals surface area contributed by atoms with Crippen molar-refractivity contribution in [2.24, 2.45) is 0 Å². The highest BCUT2D eigenvalue weighted by atomic mass is 19.1. The third kappa shape index (κ3) is 3.84. The molecule has 2 aromatic carbocycles. The van der Waals surface area contributed by atoms with Crippen molar-refractivity contribution in [1.82, 2.24) is 14.6 Å². The third-order valence-corrected chi connectivity index (χ3v) is 5.41. The molecule has 1 aliphatic heterocycles. The van der Waals surface area contributed by atoms with E-state index < -0.39 is 17.7 Å². The third-order valence-electron chi connectivity index (χ3n) is 5.41. The summed E-state index contributed by atoms with van der Waals surface area (Å²) >= 11 is 0. The summed E-state index contributed by atoms with van der Waals surface area (Å²) in [5.41, 5.74) is 1.10. The van der Waals surface area contributed by atoms with E-state index >= 15 is 0 Å². The molecule has 1 saturated heterocycles. The number of nitrogens with one attached hydrogen (secondary N) is 1. The van der Waals surface area contributed by atoms with Crippen LogP contribution in [0, 0.1) is 11.6 Å². The zero-order valence-electron chi connectivity index (χ0n) is 16.9. The van der Waals surface area contributed by atoms with Crippen LogP contribution in [0.15, 0.2) is 67.0 Å². The van der Waals surface area contributed by atoms with Gasteiger partial charge in [0.15, 0.2) is 5.65 Å². The van der Waals surface area contributed by atoms with E-state index in [-0.39, 0.29) is 6.04 Å². The number of aromatic nitrogens is 3. The number of ether oxygens (including phenoxy) is 1. The summed E-state index contributed by atoms with van der Waals surface area (Å²) in [6, 6.07) is 13.6. The quantitative estimate of drug-likeness (QED) is 0.491. The van der Waals surface area contributed by atoms with Gasteiger partial charge in [-0.25, -0.2) is 23.1 Å². The molecule has 0 radical (unpaired) electrons. The lowest BCUT2D eigenvalue weighted by molar-refractivity contribution is 0.215. The molecule has 0 saturated carbocycles. The Bertz CT molecular complexity index is 1280. The molecule has 32 heavy (non-hydrogen) atoms. The van der Waals surface area contributed by atoms with Crippen LogP contribution in [-0.4, -0.2) is 27.2 Å². The fraction of sp³-hybridized carbons (Fsp3) is 0.174. The molecule has 9 heteroatoms. The Balaban J connectivity index is 1.42. The standard InChI is InChI=1S/C23H19F2N5O2/c24-15-8-9-18(25)17(13-15)20-7-4-11-29(20)21-10-12-30-22(28-21)19(14-26-30)27-23(31)32-16-5-2-1-3-6-16/h1-3,5-6,8-10,12-14,20H,4,7,11H2,(H,27,31)/t20-/m0/s1. The van der Waals surface area contributed by atoms with Crippen LogP contribution in [0.5, 0.6) is 5.75 Å². The van der Waals surface area contributed by atoms with Gasteiger partial charge in [-0.1, -0.05) is 18.2 Å². The van der Waals surface area contributed by atoms with Gasteiger partial charge in [-0.2, -0.15) is 5.10 Å². The maximum Gasteiger partial charge on any atom is 0.417 e. The largest absolute Gasteiger partial charge is 0.417 e. The molecule has 2 aromatic heterocycles. The van der Waals surface area contributed by atoms with Crippen molar-refractivity contribution >= 4 is 23.2 Å². The first-order valence-electron chi connectivity index (χ1n) is 10.2. The molecule has 0 spiro atoms. The number of hydrogen-bond donors (Lipinski definition) is 1. The van der Waals surface area contributed by atoms with Crippen molar-refractivity contribution in [1.29, 1.82) is 0 Å². The van der Waals surface area contributed by atoms with Crippen molar-refractivity contribution in [3.63, 3.8) is 0 Å². The van der Waals surface area contributed by atoms with Crippen LogP contribution in [0.25, 0.3) is 5.65 Å². The maximum atomic E-state index is 14.4. The molecule has 162 valence electrons. The van der Waals surface area contributed by atoms with Gasteiger partial charge in [-0.05, 0) is 49.2 Å². The van der Waals surface area contributed by atoms with Crippen molar-refractivity contribution < 1.29 is 18.3 Å². The van der Waals surface area contributed by atoms with Gasteiger partial charge < -0.3 is 9.64 Å². The van der Waals surface area contributed by atoms with Crippen LogP contribution in [0.4, 0.5) is 25.1 Å². The van der Waals surface area contributed by atoms with E-state index in [4.69, 9.17) is 4.74 Å². The van der Waals surface area contributed by atoms with E-state index in [0.717, 1.165) is 18.6 Å². The summed E-state index contributed by atoms with van der Waals surface area (Å²) in [5.74, 6) is 0.0754. The van der Waals surface area contributed by atoms with Gasteiger partial charge in [0, 0.05) is 18.3 Å². The second kappa shape index (κ2) is 8.26. The Morgan fingerprint density at radius 1 is 1.12 bits per heavy atom. The number of benzene rings is 2. The van der Waals surface area contributed by atoms with E-state index in [2.05, 4.69) is 15.4 Å². The van der Waals surface area contributed by atoms with Crippen LogP contribution < -0.4 is 15.0 Å². The second-order valence-electron chi connectivity index (χ2n) is 7.46. The molecule has 5 rings (SSSR count). The first kappa shape index (κ1) is 19.9. The number of amides is 1. The number of hydrogen-bond acceptors (Lipinski definition) is 5. The minimum atomic E-state index is -0.667. The number of halogens is 2. The Morgan fingerprint density at radius 2 is 1.97 bits per heavy atom. The van der Waals surface area contributed by atoms with Crippen molar-refractivity contribution in [2.75, 3.05) is 16.8 Å². The number of rotatable bonds is 4. The molecular formula is C23H19F2N5O2. The summed E-state index contributed by atoms with van der Waals surface area (Å²) in [6.45, 7) is 0.650. The Morgan fingerprint density at radius 3 is 2.81 bits per heavy atom. The predicted octanol–water partition coefficient (Wildman–Crippen LogP) is 4.96. The van der Waals surface area contributed by atoms with Gasteiger partial charge >= 0.3 is 6.09 Å². The Hall–Kier alpha value is -4.01. The monoisotopic (exact) mass is 435 g/mol. The molecule has 3 heterocycles. The molecule has 0 unspecified atom stereocenters. The van der Waals surface area contributed by atoms with Gasteiger partial charge in [-0.15, -0.1) is 0 Å². The second-order valence-corrected chi connectivity index (χ2v) is 7.46. The summed E-state index contributed by atoms with van der Waals surface area (Å²) in [5, 5.41) is 6.86. The topological polar surface area (TPSA) is 71.8 Å². The minimum Gasteiger partial charge on any atom is -0.410 e. The summed E-state index contributed by atoms with van der Waals surface area (Å²) < 4.78 is 35.0. The van der Waals surface area contributed by atoms with Crippen molar-refractivity contribution in [3.8, 4) is 5.75 Å². The van der Waals surface area contributed by atoms with E-state index in [1.165, 1.54) is 16.8 Å². The predicted molar refractivity (Wildman–Crippen MR) is 115 cm³/mol. The zero-order chi connectivity index (χ0) is 22.1. The average molecular weight is 435 g/mol. The number of carbonyl (C=O) groups is 1. The van der Waals surface area contributed by atoms with Crippen molar-refractivity contribution in [2.45, 2.75) is 18.9 Å². The molecule has 1 N–H and O–H groups in total. The van der Waals surface area contributed by atoms with E-state index in [9.17, 15) is 13.6 Å². The molecule has 0 aliphatic carbocycles. The summed E-state index contributed by atoms with van der Waals surface area (Å²) in [7, 11) is 0. The maximum absolute atomic E-state index is 14.4. The lowest BCUT2D eigenvalue weighted by atomic mass is 10.0. The first-order chi connectivity index (χ1) is 15.6. The minimum absolute atomic E-state index is 0.308. The average Bonchev–Trinajstić information content (AvgIpc) is 3.43. The first-order valence-corrected chi connectivity index (χ1v) is 10.2.